The van der Waals surface area contributed by atoms with Crippen LogP contribution in [0.4, 0.5) is 0 Å². The summed E-state index contributed by atoms with van der Waals surface area (Å²) in [6, 6.07) is 1.05. The minimum absolute atomic E-state index is 0.187. The molecule has 70 valence electrons. The quantitative estimate of drug-likeness (QED) is 0.550. The van der Waals surface area contributed by atoms with Gasteiger partial charge in [0.25, 0.3) is 0 Å². The first-order chi connectivity index (χ1) is 5.86. The van der Waals surface area contributed by atoms with E-state index in [1.54, 1.807) is 0 Å². The molecule has 2 atom stereocenters. The molecular formula is C9H18N2O. The molecule has 1 heterocycles. The van der Waals surface area contributed by atoms with Gasteiger partial charge in [-0.25, -0.2) is 0 Å². The fraction of sp³-hybridized carbons (Fsp3) is 1.00. The van der Waals surface area contributed by atoms with Crippen LogP contribution in [0.25, 0.3) is 0 Å². The van der Waals surface area contributed by atoms with Gasteiger partial charge in [0, 0.05) is 18.6 Å². The lowest BCUT2D eigenvalue weighted by Crippen LogP contribution is -2.42. The average molecular weight is 170 g/mol. The lowest BCUT2D eigenvalue weighted by Gasteiger charge is -2.18. The molecule has 0 amide bonds. The molecule has 3 N–H and O–H groups in total. The van der Waals surface area contributed by atoms with E-state index < -0.39 is 0 Å². The summed E-state index contributed by atoms with van der Waals surface area (Å²) in [5.41, 5.74) is 0. The van der Waals surface area contributed by atoms with E-state index >= 15 is 0 Å². The zero-order valence-corrected chi connectivity index (χ0v) is 7.42. The molecule has 3 nitrogen and oxygen atoms in total. The molecule has 0 aromatic heterocycles. The van der Waals surface area contributed by atoms with Crippen LogP contribution >= 0.6 is 0 Å². The van der Waals surface area contributed by atoms with E-state index in [1.807, 2.05) is 0 Å². The molecule has 0 aromatic rings. The first kappa shape index (κ1) is 8.48. The molecule has 0 spiro atoms. The van der Waals surface area contributed by atoms with Gasteiger partial charge in [0.15, 0.2) is 0 Å². The lowest BCUT2D eigenvalue weighted by atomic mass is 10.1. The van der Waals surface area contributed by atoms with Gasteiger partial charge in [-0.15, -0.1) is 0 Å². The van der Waals surface area contributed by atoms with Gasteiger partial charge in [-0.2, -0.15) is 0 Å². The molecule has 0 radical (unpaired) electrons. The Morgan fingerprint density at radius 3 is 2.83 bits per heavy atom. The minimum Gasteiger partial charge on any atom is -0.390 e. The van der Waals surface area contributed by atoms with Crippen LogP contribution in [-0.2, 0) is 0 Å². The maximum absolute atomic E-state index is 9.70. The number of aliphatic hydroxyl groups excluding tert-OH is 1. The number of nitrogens with one attached hydrogen (secondary N) is 2. The monoisotopic (exact) mass is 170 g/mol. The van der Waals surface area contributed by atoms with Gasteiger partial charge in [-0.1, -0.05) is 0 Å². The Morgan fingerprint density at radius 1 is 1.42 bits per heavy atom. The van der Waals surface area contributed by atoms with Crippen molar-refractivity contribution in [1.29, 1.82) is 0 Å². The summed E-state index contributed by atoms with van der Waals surface area (Å²) < 4.78 is 0. The van der Waals surface area contributed by atoms with Crippen LogP contribution in [0.2, 0.25) is 0 Å². The highest BCUT2D eigenvalue weighted by molar-refractivity contribution is 4.86. The van der Waals surface area contributed by atoms with Crippen molar-refractivity contribution in [3.63, 3.8) is 0 Å². The van der Waals surface area contributed by atoms with Crippen LogP contribution in [0.5, 0.6) is 0 Å². The molecular weight excluding hydrogens is 152 g/mol. The molecule has 12 heavy (non-hydrogen) atoms. The fourth-order valence-corrected chi connectivity index (χ4v) is 1.76. The average Bonchev–Trinajstić information content (AvgIpc) is 2.74. The van der Waals surface area contributed by atoms with E-state index in [0.717, 1.165) is 19.5 Å². The summed E-state index contributed by atoms with van der Waals surface area (Å²) in [5, 5.41) is 16.4. The van der Waals surface area contributed by atoms with Crippen LogP contribution in [0, 0.1) is 0 Å². The van der Waals surface area contributed by atoms with Crippen molar-refractivity contribution in [2.45, 2.75) is 43.9 Å². The summed E-state index contributed by atoms with van der Waals surface area (Å²) in [4.78, 5) is 0. The van der Waals surface area contributed by atoms with Gasteiger partial charge in [-0.05, 0) is 32.2 Å². The summed E-state index contributed by atoms with van der Waals surface area (Å²) in [6.07, 6.45) is 4.75. The molecule has 3 heteroatoms. The summed E-state index contributed by atoms with van der Waals surface area (Å²) in [6.45, 7) is 1.84. The van der Waals surface area contributed by atoms with Crippen LogP contribution in [0.3, 0.4) is 0 Å². The predicted octanol–water partition coefficient (Wildman–Crippen LogP) is -0.149. The van der Waals surface area contributed by atoms with Crippen LogP contribution in [0.1, 0.15) is 25.7 Å². The highest BCUT2D eigenvalue weighted by atomic mass is 16.3. The third-order valence-electron chi connectivity index (χ3n) is 2.76. The second-order valence-electron chi connectivity index (χ2n) is 3.95. The highest BCUT2D eigenvalue weighted by Gasteiger charge is 2.25. The third-order valence-corrected chi connectivity index (χ3v) is 2.76. The molecule has 1 aliphatic carbocycles. The molecule has 0 aromatic carbocycles. The third kappa shape index (κ3) is 2.19. The van der Waals surface area contributed by atoms with Crippen molar-refractivity contribution in [2.24, 2.45) is 0 Å². The SMILES string of the molecule is OC(CNC1CC1)C1CCCN1. The second-order valence-corrected chi connectivity index (χ2v) is 3.95. The largest absolute Gasteiger partial charge is 0.390 e. The van der Waals surface area contributed by atoms with Crippen molar-refractivity contribution in [3.05, 3.63) is 0 Å². The molecule has 1 aliphatic heterocycles. The van der Waals surface area contributed by atoms with E-state index in [4.69, 9.17) is 0 Å². The molecule has 0 bridgehead atoms. The normalized spacial score (nSPS) is 32.2. The van der Waals surface area contributed by atoms with E-state index in [0.29, 0.717) is 12.1 Å². The molecule has 2 rings (SSSR count). The Hall–Kier alpha value is -0.120. The highest BCUT2D eigenvalue weighted by Crippen LogP contribution is 2.19. The zero-order chi connectivity index (χ0) is 8.39. The summed E-state index contributed by atoms with van der Waals surface area (Å²) >= 11 is 0. The molecule has 2 fully saturated rings. The first-order valence-corrected chi connectivity index (χ1v) is 5.01. The number of hydrogen-bond acceptors (Lipinski definition) is 3. The molecule has 2 aliphatic rings. The van der Waals surface area contributed by atoms with Crippen molar-refractivity contribution < 1.29 is 5.11 Å². The van der Waals surface area contributed by atoms with E-state index in [-0.39, 0.29) is 6.10 Å². The van der Waals surface area contributed by atoms with E-state index in [9.17, 15) is 5.11 Å². The zero-order valence-electron chi connectivity index (χ0n) is 7.42. The summed E-state index contributed by atoms with van der Waals surface area (Å²) in [5.74, 6) is 0. The topological polar surface area (TPSA) is 44.3 Å². The van der Waals surface area contributed by atoms with Crippen LogP contribution in [-0.4, -0.2) is 36.4 Å². The Balaban J connectivity index is 1.64. The van der Waals surface area contributed by atoms with Crippen LogP contribution in [0.15, 0.2) is 0 Å². The van der Waals surface area contributed by atoms with Crippen LogP contribution < -0.4 is 10.6 Å². The summed E-state index contributed by atoms with van der Waals surface area (Å²) in [7, 11) is 0. The van der Waals surface area contributed by atoms with Crippen molar-refractivity contribution in [2.75, 3.05) is 13.1 Å². The maximum atomic E-state index is 9.70. The Bertz CT molecular complexity index is 141. The number of rotatable bonds is 4. The Morgan fingerprint density at radius 2 is 2.25 bits per heavy atom. The van der Waals surface area contributed by atoms with Crippen molar-refractivity contribution in [3.8, 4) is 0 Å². The standard InChI is InChI=1S/C9H18N2O/c12-9(6-11-7-3-4-7)8-2-1-5-10-8/h7-12H,1-6H2. The Kier molecular flexibility index (Phi) is 2.63. The predicted molar refractivity (Wildman–Crippen MR) is 48.1 cm³/mol. The van der Waals surface area contributed by atoms with Crippen molar-refractivity contribution in [1.82, 2.24) is 10.6 Å². The van der Waals surface area contributed by atoms with Crippen molar-refractivity contribution >= 4 is 0 Å². The number of hydrogen-bond donors (Lipinski definition) is 3. The molecule has 1 saturated carbocycles. The smallest absolute Gasteiger partial charge is 0.0817 e. The van der Waals surface area contributed by atoms with Gasteiger partial charge in [-0.3, -0.25) is 0 Å². The van der Waals surface area contributed by atoms with E-state index in [2.05, 4.69) is 10.6 Å². The van der Waals surface area contributed by atoms with Gasteiger partial charge in [0.05, 0.1) is 6.10 Å². The van der Waals surface area contributed by atoms with E-state index in [1.165, 1.54) is 19.3 Å². The van der Waals surface area contributed by atoms with Gasteiger partial charge in [0.1, 0.15) is 0 Å². The minimum atomic E-state index is -0.187. The second kappa shape index (κ2) is 3.73. The van der Waals surface area contributed by atoms with Gasteiger partial charge >= 0.3 is 0 Å². The molecule has 1 saturated heterocycles. The van der Waals surface area contributed by atoms with Gasteiger partial charge in [0.2, 0.25) is 0 Å². The molecule has 2 unspecified atom stereocenters. The lowest BCUT2D eigenvalue weighted by molar-refractivity contribution is 0.133. The number of aliphatic hydroxyl groups is 1. The first-order valence-electron chi connectivity index (χ1n) is 5.01. The fourth-order valence-electron chi connectivity index (χ4n) is 1.76. The maximum Gasteiger partial charge on any atom is 0.0817 e. The van der Waals surface area contributed by atoms with Gasteiger partial charge < -0.3 is 15.7 Å². The Labute approximate surface area is 73.5 Å².